The van der Waals surface area contributed by atoms with Crippen molar-refractivity contribution in [1.29, 1.82) is 0 Å². The zero-order valence-electron chi connectivity index (χ0n) is 12.2. The van der Waals surface area contributed by atoms with Crippen LogP contribution in [0.2, 0.25) is 0 Å². The number of carbonyl (C=O) groups excluding carboxylic acids is 1. The van der Waals surface area contributed by atoms with E-state index in [-0.39, 0.29) is 11.9 Å². The van der Waals surface area contributed by atoms with Crippen molar-refractivity contribution < 1.29 is 27.6 Å². The average Bonchev–Trinajstić information content (AvgIpc) is 2.46. The summed E-state index contributed by atoms with van der Waals surface area (Å²) in [6.07, 6.45) is -3.55. The van der Waals surface area contributed by atoms with Gasteiger partial charge in [-0.25, -0.2) is 4.98 Å². The van der Waals surface area contributed by atoms with E-state index in [0.717, 1.165) is 0 Å². The maximum Gasteiger partial charge on any atom is 0.418 e. The highest BCUT2D eigenvalue weighted by atomic mass is 19.4. The van der Waals surface area contributed by atoms with Gasteiger partial charge in [0.2, 0.25) is 5.82 Å². The van der Waals surface area contributed by atoms with Crippen molar-refractivity contribution >= 4 is 17.5 Å². The predicted molar refractivity (Wildman–Crippen MR) is 72.9 cm³/mol. The number of anilines is 1. The summed E-state index contributed by atoms with van der Waals surface area (Å²) in [5.74, 6) is -0.522. The van der Waals surface area contributed by atoms with Crippen LogP contribution in [0.25, 0.3) is 0 Å². The van der Waals surface area contributed by atoms with E-state index in [1.165, 1.54) is 11.8 Å². The molecule has 2 rings (SSSR count). The van der Waals surface area contributed by atoms with Gasteiger partial charge in [-0.2, -0.15) is 13.2 Å². The largest absolute Gasteiger partial charge is 0.462 e. The Hall–Kier alpha value is -2.39. The lowest BCUT2D eigenvalue weighted by molar-refractivity contribution is -0.384. The molecule has 0 saturated carbocycles. The summed E-state index contributed by atoms with van der Waals surface area (Å²) in [6.45, 7) is 1.89. The molecule has 10 heteroatoms. The Bertz CT molecular complexity index is 613. The second-order valence-corrected chi connectivity index (χ2v) is 5.12. The van der Waals surface area contributed by atoms with Gasteiger partial charge < -0.3 is 9.64 Å². The molecule has 0 aromatic carbocycles. The number of nitrogens with zero attached hydrogens (tertiary/aromatic N) is 3. The van der Waals surface area contributed by atoms with Gasteiger partial charge in [0.25, 0.3) is 0 Å². The van der Waals surface area contributed by atoms with Gasteiger partial charge in [-0.15, -0.1) is 0 Å². The van der Waals surface area contributed by atoms with Gasteiger partial charge in [0, 0.05) is 45.1 Å². The van der Waals surface area contributed by atoms with E-state index < -0.39 is 28.3 Å². The minimum Gasteiger partial charge on any atom is -0.462 e. The molecule has 0 unspecified atom stereocenters. The molecule has 1 aliphatic rings. The van der Waals surface area contributed by atoms with Crippen LogP contribution < -0.4 is 4.90 Å². The van der Waals surface area contributed by atoms with Crippen LogP contribution in [0.4, 0.5) is 24.7 Å². The summed E-state index contributed by atoms with van der Waals surface area (Å²) in [5, 5.41) is 11.1. The summed E-state index contributed by atoms with van der Waals surface area (Å²) in [4.78, 5) is 26.2. The number of hydrogen-bond acceptors (Lipinski definition) is 6. The Morgan fingerprint density at radius 3 is 2.52 bits per heavy atom. The van der Waals surface area contributed by atoms with E-state index in [4.69, 9.17) is 4.74 Å². The topological polar surface area (TPSA) is 85.6 Å². The first-order valence-electron chi connectivity index (χ1n) is 6.82. The number of pyridine rings is 1. The Morgan fingerprint density at radius 2 is 2.04 bits per heavy atom. The molecule has 1 fully saturated rings. The lowest BCUT2D eigenvalue weighted by Gasteiger charge is -2.32. The maximum atomic E-state index is 12.7. The first-order chi connectivity index (χ1) is 10.7. The second-order valence-electron chi connectivity index (χ2n) is 5.12. The summed E-state index contributed by atoms with van der Waals surface area (Å²) in [7, 11) is 0. The first kappa shape index (κ1) is 17.0. The smallest absolute Gasteiger partial charge is 0.418 e. The lowest BCUT2D eigenvalue weighted by atomic mass is 10.1. The molecule has 2 heterocycles. The summed E-state index contributed by atoms with van der Waals surface area (Å²) < 4.78 is 43.0. The Kier molecular flexibility index (Phi) is 4.71. The minimum atomic E-state index is -4.70. The number of esters is 1. The lowest BCUT2D eigenvalue weighted by Crippen LogP contribution is -2.38. The fraction of sp³-hybridized carbons (Fsp3) is 0.538. The Labute approximate surface area is 129 Å². The van der Waals surface area contributed by atoms with Crippen LogP contribution in [0.15, 0.2) is 12.3 Å². The third-order valence-corrected chi connectivity index (χ3v) is 3.45. The molecule has 0 radical (unpaired) electrons. The highest BCUT2D eigenvalue weighted by molar-refractivity contribution is 5.66. The van der Waals surface area contributed by atoms with Gasteiger partial charge in [0.05, 0.1) is 10.5 Å². The molecule has 0 bridgehead atoms. The summed E-state index contributed by atoms with van der Waals surface area (Å²) in [5.41, 5.74) is -1.85. The average molecular weight is 333 g/mol. The van der Waals surface area contributed by atoms with E-state index in [1.54, 1.807) is 0 Å². The number of hydrogen-bond donors (Lipinski definition) is 0. The van der Waals surface area contributed by atoms with Gasteiger partial charge in [-0.3, -0.25) is 14.9 Å². The molecule has 0 spiro atoms. The highest BCUT2D eigenvalue weighted by Gasteiger charge is 2.35. The van der Waals surface area contributed by atoms with Crippen molar-refractivity contribution in [2.45, 2.75) is 32.0 Å². The van der Waals surface area contributed by atoms with Crippen LogP contribution >= 0.6 is 0 Å². The quantitative estimate of drug-likeness (QED) is 0.480. The fourth-order valence-electron chi connectivity index (χ4n) is 2.40. The Balaban J connectivity index is 2.20. The molecule has 7 nitrogen and oxygen atoms in total. The molecule has 1 aromatic rings. The standard InChI is InChI=1S/C13H14F3N3O4/c1-8(20)23-10-2-4-18(5-3-10)12-11(19(21)22)6-9(7-17-12)13(14,15)16/h6-7,10H,2-5H2,1H3. The van der Waals surface area contributed by atoms with Gasteiger partial charge in [-0.05, 0) is 0 Å². The number of alkyl halides is 3. The summed E-state index contributed by atoms with van der Waals surface area (Å²) in [6, 6.07) is 0.487. The van der Waals surface area contributed by atoms with Gasteiger partial charge >= 0.3 is 17.8 Å². The molecule has 1 aliphatic heterocycles. The highest BCUT2D eigenvalue weighted by Crippen LogP contribution is 2.35. The second kappa shape index (κ2) is 6.39. The van der Waals surface area contributed by atoms with E-state index in [9.17, 15) is 28.1 Å². The van der Waals surface area contributed by atoms with E-state index in [0.29, 0.717) is 38.2 Å². The van der Waals surface area contributed by atoms with Crippen molar-refractivity contribution in [2.75, 3.05) is 18.0 Å². The zero-order chi connectivity index (χ0) is 17.2. The number of carbonyl (C=O) groups is 1. The first-order valence-corrected chi connectivity index (χ1v) is 6.82. The van der Waals surface area contributed by atoms with E-state index in [1.807, 2.05) is 0 Å². The summed E-state index contributed by atoms with van der Waals surface area (Å²) >= 11 is 0. The molecule has 1 aromatic heterocycles. The third-order valence-electron chi connectivity index (χ3n) is 3.45. The SMILES string of the molecule is CC(=O)OC1CCN(c2ncc(C(F)(F)F)cc2[N+](=O)[O-])CC1. The van der Waals surface area contributed by atoms with Crippen LogP contribution in [-0.4, -0.2) is 35.1 Å². The monoisotopic (exact) mass is 333 g/mol. The predicted octanol–water partition coefficient (Wildman–Crippen LogP) is 2.54. The molecular weight excluding hydrogens is 319 g/mol. The zero-order valence-corrected chi connectivity index (χ0v) is 12.2. The van der Waals surface area contributed by atoms with Gasteiger partial charge in [0.15, 0.2) is 0 Å². The normalized spacial score (nSPS) is 16.3. The van der Waals surface area contributed by atoms with Crippen LogP contribution in [0.3, 0.4) is 0 Å². The van der Waals surface area contributed by atoms with Crippen molar-refractivity contribution in [3.8, 4) is 0 Å². The molecular formula is C13H14F3N3O4. The number of aromatic nitrogens is 1. The Morgan fingerprint density at radius 1 is 1.43 bits per heavy atom. The van der Waals surface area contributed by atoms with Crippen LogP contribution in [0, 0.1) is 10.1 Å². The fourth-order valence-corrected chi connectivity index (χ4v) is 2.40. The molecule has 0 N–H and O–H groups in total. The van der Waals surface area contributed by atoms with E-state index in [2.05, 4.69) is 4.98 Å². The number of halogens is 3. The van der Waals surface area contributed by atoms with Crippen LogP contribution in [-0.2, 0) is 15.7 Å². The molecule has 23 heavy (non-hydrogen) atoms. The molecule has 126 valence electrons. The van der Waals surface area contributed by atoms with Crippen LogP contribution in [0.5, 0.6) is 0 Å². The number of nitro groups is 1. The molecule has 1 saturated heterocycles. The van der Waals surface area contributed by atoms with Crippen molar-refractivity contribution in [3.05, 3.63) is 27.9 Å². The third kappa shape index (κ3) is 4.08. The van der Waals surface area contributed by atoms with Crippen molar-refractivity contribution in [2.24, 2.45) is 0 Å². The van der Waals surface area contributed by atoms with Gasteiger partial charge in [-0.1, -0.05) is 0 Å². The molecule has 0 atom stereocenters. The molecule has 0 amide bonds. The van der Waals surface area contributed by atoms with Crippen LogP contribution in [0.1, 0.15) is 25.3 Å². The van der Waals surface area contributed by atoms with Crippen molar-refractivity contribution in [1.82, 2.24) is 4.98 Å². The number of piperidine rings is 1. The minimum absolute atomic E-state index is 0.107. The number of rotatable bonds is 3. The number of ether oxygens (including phenoxy) is 1. The van der Waals surface area contributed by atoms with Crippen molar-refractivity contribution in [3.63, 3.8) is 0 Å². The molecule has 0 aliphatic carbocycles. The maximum absolute atomic E-state index is 12.7. The van der Waals surface area contributed by atoms with E-state index >= 15 is 0 Å². The van der Waals surface area contributed by atoms with Gasteiger partial charge in [0.1, 0.15) is 6.10 Å².